The normalized spacial score (nSPS) is 16.8. The molecule has 1 fully saturated rings. The van der Waals surface area contributed by atoms with Crippen LogP contribution < -0.4 is 14.9 Å². The molecule has 4 rings (SSSR count). The molecule has 31 heavy (non-hydrogen) atoms. The van der Waals surface area contributed by atoms with Crippen molar-refractivity contribution in [1.29, 1.82) is 0 Å². The van der Waals surface area contributed by atoms with E-state index in [0.29, 0.717) is 24.8 Å². The summed E-state index contributed by atoms with van der Waals surface area (Å²) < 4.78 is 24.6. The summed E-state index contributed by atoms with van der Waals surface area (Å²) >= 11 is 0. The minimum absolute atomic E-state index is 0.407. The molecule has 5 nitrogen and oxygen atoms in total. The van der Waals surface area contributed by atoms with Gasteiger partial charge in [-0.15, -0.1) is 0 Å². The van der Waals surface area contributed by atoms with Gasteiger partial charge in [0.1, 0.15) is 19.0 Å². The predicted molar refractivity (Wildman–Crippen MR) is 122 cm³/mol. The minimum atomic E-state index is -0.594. The van der Waals surface area contributed by atoms with E-state index in [9.17, 15) is 0 Å². The van der Waals surface area contributed by atoms with Crippen molar-refractivity contribution in [2.24, 2.45) is 0 Å². The zero-order valence-corrected chi connectivity index (χ0v) is 18.5. The lowest BCUT2D eigenvalue weighted by molar-refractivity contribution is 0.00578. The van der Waals surface area contributed by atoms with Crippen LogP contribution in [-0.4, -0.2) is 23.3 Å². The summed E-state index contributed by atoms with van der Waals surface area (Å²) in [6, 6.07) is 21.9. The molecule has 160 valence electrons. The van der Waals surface area contributed by atoms with Gasteiger partial charge in [-0.05, 0) is 44.9 Å². The van der Waals surface area contributed by atoms with Gasteiger partial charge in [-0.25, -0.2) is 4.98 Å². The van der Waals surface area contributed by atoms with Crippen LogP contribution in [-0.2, 0) is 22.5 Å². The first kappa shape index (κ1) is 21.4. The second-order valence-electron chi connectivity index (χ2n) is 8.70. The molecule has 3 aromatic rings. The highest BCUT2D eigenvalue weighted by Crippen LogP contribution is 2.37. The van der Waals surface area contributed by atoms with Gasteiger partial charge in [0.15, 0.2) is 0 Å². The molecule has 0 saturated carbocycles. The minimum Gasteiger partial charge on any atom is -0.487 e. The van der Waals surface area contributed by atoms with E-state index in [1.165, 1.54) is 0 Å². The van der Waals surface area contributed by atoms with Crippen molar-refractivity contribution in [1.82, 2.24) is 4.98 Å². The van der Waals surface area contributed by atoms with Crippen molar-refractivity contribution >= 4 is 12.6 Å². The van der Waals surface area contributed by atoms with E-state index in [1.807, 2.05) is 94.4 Å². The van der Waals surface area contributed by atoms with Gasteiger partial charge in [0, 0.05) is 5.46 Å². The third-order valence-electron chi connectivity index (χ3n) is 5.83. The quantitative estimate of drug-likeness (QED) is 0.529. The van der Waals surface area contributed by atoms with Gasteiger partial charge in [0.25, 0.3) is 0 Å². The van der Waals surface area contributed by atoms with Crippen LogP contribution in [0.2, 0.25) is 0 Å². The highest BCUT2D eigenvalue weighted by molar-refractivity contribution is 6.63. The third-order valence-corrected chi connectivity index (χ3v) is 5.83. The molecule has 0 spiro atoms. The zero-order chi connectivity index (χ0) is 21.9. The number of rotatable bonds is 7. The van der Waals surface area contributed by atoms with Gasteiger partial charge in [0.2, 0.25) is 5.88 Å². The smallest absolute Gasteiger partial charge is 0.487 e. The molecular formula is C25H28BNO4. The maximum atomic E-state index is 6.26. The van der Waals surface area contributed by atoms with Crippen molar-refractivity contribution < 1.29 is 18.8 Å². The van der Waals surface area contributed by atoms with Crippen LogP contribution in [0.25, 0.3) is 0 Å². The predicted octanol–water partition coefficient (Wildman–Crippen LogP) is 4.54. The molecule has 0 unspecified atom stereocenters. The van der Waals surface area contributed by atoms with E-state index < -0.39 is 18.3 Å². The number of ether oxygens (including phenoxy) is 2. The van der Waals surface area contributed by atoms with Gasteiger partial charge in [-0.2, -0.15) is 0 Å². The Labute approximate surface area is 184 Å². The van der Waals surface area contributed by atoms with Crippen LogP contribution in [0, 0.1) is 0 Å². The fourth-order valence-electron chi connectivity index (χ4n) is 3.25. The van der Waals surface area contributed by atoms with Gasteiger partial charge < -0.3 is 18.8 Å². The van der Waals surface area contributed by atoms with Crippen molar-refractivity contribution in [3.8, 4) is 11.6 Å². The van der Waals surface area contributed by atoms with Crippen molar-refractivity contribution in [2.75, 3.05) is 0 Å². The average Bonchev–Trinajstić information content (AvgIpc) is 2.99. The summed E-state index contributed by atoms with van der Waals surface area (Å²) in [5.74, 6) is 1.12. The topological polar surface area (TPSA) is 49.8 Å². The first-order valence-electron chi connectivity index (χ1n) is 10.5. The molecule has 0 N–H and O–H groups in total. The SMILES string of the molecule is CC1(C)OB(c2cc(OCc3ccccc3)cnc2OCc2ccccc2)OC1(C)C. The molecule has 2 aromatic carbocycles. The maximum absolute atomic E-state index is 6.26. The van der Waals surface area contributed by atoms with Gasteiger partial charge in [-0.3, -0.25) is 0 Å². The average molecular weight is 417 g/mol. The van der Waals surface area contributed by atoms with E-state index in [0.717, 1.165) is 16.6 Å². The van der Waals surface area contributed by atoms with Crippen LogP contribution in [0.4, 0.5) is 0 Å². The molecule has 0 amide bonds. The number of pyridine rings is 1. The van der Waals surface area contributed by atoms with E-state index in [-0.39, 0.29) is 0 Å². The highest BCUT2D eigenvalue weighted by atomic mass is 16.7. The van der Waals surface area contributed by atoms with Gasteiger partial charge in [0.05, 0.1) is 17.4 Å². The Morgan fingerprint density at radius 2 is 1.29 bits per heavy atom. The number of hydrogen-bond donors (Lipinski definition) is 0. The van der Waals surface area contributed by atoms with Crippen molar-refractivity contribution in [2.45, 2.75) is 52.1 Å². The molecule has 6 heteroatoms. The Balaban J connectivity index is 1.58. The second-order valence-corrected chi connectivity index (χ2v) is 8.70. The lowest BCUT2D eigenvalue weighted by Crippen LogP contribution is -2.41. The Kier molecular flexibility index (Phi) is 6.03. The molecule has 0 radical (unpaired) electrons. The summed E-state index contributed by atoms with van der Waals surface area (Å²) in [4.78, 5) is 4.54. The number of nitrogens with zero attached hydrogens (tertiary/aromatic N) is 1. The standard InChI is InChI=1S/C25H28BNO4/c1-24(2)25(3,4)31-26(30-24)22-15-21(28-17-19-11-7-5-8-12-19)16-27-23(22)29-18-20-13-9-6-10-14-20/h5-16H,17-18H2,1-4H3. The Bertz CT molecular complexity index is 993. The summed E-state index contributed by atoms with van der Waals surface area (Å²) in [6.45, 7) is 8.98. The van der Waals surface area contributed by atoms with Crippen LogP contribution >= 0.6 is 0 Å². The summed E-state index contributed by atoms with van der Waals surface area (Å²) in [7, 11) is -0.594. The van der Waals surface area contributed by atoms with Crippen LogP contribution in [0.15, 0.2) is 72.9 Å². The fraction of sp³-hybridized carbons (Fsp3) is 0.320. The van der Waals surface area contributed by atoms with E-state index >= 15 is 0 Å². The third kappa shape index (κ3) is 4.92. The zero-order valence-electron chi connectivity index (χ0n) is 18.5. The molecule has 1 aliphatic rings. The number of benzene rings is 2. The van der Waals surface area contributed by atoms with Crippen LogP contribution in [0.5, 0.6) is 11.6 Å². The number of aromatic nitrogens is 1. The van der Waals surface area contributed by atoms with Gasteiger partial charge in [-0.1, -0.05) is 60.7 Å². The largest absolute Gasteiger partial charge is 0.500 e. The van der Waals surface area contributed by atoms with Crippen LogP contribution in [0.1, 0.15) is 38.8 Å². The second kappa shape index (κ2) is 8.73. The Morgan fingerprint density at radius 1 is 0.774 bits per heavy atom. The molecule has 1 aliphatic heterocycles. The van der Waals surface area contributed by atoms with E-state index in [4.69, 9.17) is 18.8 Å². The van der Waals surface area contributed by atoms with Gasteiger partial charge >= 0.3 is 7.12 Å². The lowest BCUT2D eigenvalue weighted by atomic mass is 9.79. The van der Waals surface area contributed by atoms with E-state index in [1.54, 1.807) is 6.20 Å². The molecular weight excluding hydrogens is 389 g/mol. The molecule has 1 saturated heterocycles. The molecule has 2 heterocycles. The fourth-order valence-corrected chi connectivity index (χ4v) is 3.25. The summed E-state index contributed by atoms with van der Waals surface area (Å²) in [5, 5.41) is 0. The lowest BCUT2D eigenvalue weighted by Gasteiger charge is -2.32. The number of hydrogen-bond acceptors (Lipinski definition) is 5. The van der Waals surface area contributed by atoms with Crippen molar-refractivity contribution in [3.05, 3.63) is 84.1 Å². The first-order chi connectivity index (χ1) is 14.8. The summed E-state index contributed by atoms with van der Waals surface area (Å²) in [6.07, 6.45) is 1.68. The molecule has 0 bridgehead atoms. The monoisotopic (exact) mass is 417 g/mol. The molecule has 1 aromatic heterocycles. The molecule has 0 atom stereocenters. The van der Waals surface area contributed by atoms with Crippen molar-refractivity contribution in [3.63, 3.8) is 0 Å². The maximum Gasteiger partial charge on any atom is 0.500 e. The first-order valence-corrected chi connectivity index (χ1v) is 10.5. The Hall–Kier alpha value is -2.83. The van der Waals surface area contributed by atoms with Crippen LogP contribution in [0.3, 0.4) is 0 Å². The summed E-state index contributed by atoms with van der Waals surface area (Å²) in [5.41, 5.74) is 1.95. The van der Waals surface area contributed by atoms with E-state index in [2.05, 4.69) is 4.98 Å². The highest BCUT2D eigenvalue weighted by Gasteiger charge is 2.52. The molecule has 0 aliphatic carbocycles. The Morgan fingerprint density at radius 3 is 1.84 bits per heavy atom.